The van der Waals surface area contributed by atoms with Crippen molar-refractivity contribution >= 4 is 0 Å². The largest absolute Gasteiger partial charge is 0.390 e. The highest BCUT2D eigenvalue weighted by Gasteiger charge is 2.25. The van der Waals surface area contributed by atoms with Gasteiger partial charge < -0.3 is 10.1 Å². The van der Waals surface area contributed by atoms with Gasteiger partial charge in [0.1, 0.15) is 0 Å². The zero-order chi connectivity index (χ0) is 10.4. The summed E-state index contributed by atoms with van der Waals surface area (Å²) in [6, 6.07) is 0. The van der Waals surface area contributed by atoms with Crippen molar-refractivity contribution in [1.82, 2.24) is 5.32 Å². The summed E-state index contributed by atoms with van der Waals surface area (Å²) < 4.78 is 40.4. The normalized spacial score (nSPS) is 18.1. The van der Waals surface area contributed by atoms with Crippen LogP contribution in [-0.2, 0) is 4.74 Å². The number of nitrogens with one attached hydrogen (secondary N) is 1. The topological polar surface area (TPSA) is 21.3 Å². The molecule has 0 atom stereocenters. The molecule has 5 heteroatoms. The Morgan fingerprint density at radius 2 is 2.21 bits per heavy atom. The van der Waals surface area contributed by atoms with Crippen molar-refractivity contribution in [2.24, 2.45) is 0 Å². The Kier molecular flexibility index (Phi) is 4.41. The Hall–Kier alpha value is -0.550. The molecule has 0 aromatic rings. The molecule has 0 spiro atoms. The van der Waals surface area contributed by atoms with E-state index in [9.17, 15) is 13.2 Å². The summed E-state index contributed by atoms with van der Waals surface area (Å²) in [5.41, 5.74) is 1.04. The number of ether oxygens (including phenoxy) is 1. The van der Waals surface area contributed by atoms with Gasteiger partial charge in [-0.1, -0.05) is 6.08 Å². The molecule has 0 radical (unpaired) electrons. The molecule has 0 amide bonds. The van der Waals surface area contributed by atoms with E-state index in [0.717, 1.165) is 12.0 Å². The van der Waals surface area contributed by atoms with Gasteiger partial charge in [-0.3, -0.25) is 0 Å². The highest BCUT2D eigenvalue weighted by atomic mass is 19.4. The summed E-state index contributed by atoms with van der Waals surface area (Å²) in [5, 5.41) is 2.74. The Morgan fingerprint density at radius 3 is 2.79 bits per heavy atom. The third kappa shape index (κ3) is 5.24. The zero-order valence-corrected chi connectivity index (χ0v) is 7.86. The monoisotopic (exact) mass is 209 g/mol. The summed E-state index contributed by atoms with van der Waals surface area (Å²) in [6.45, 7) is 1.72. The number of halogens is 3. The van der Waals surface area contributed by atoms with Crippen molar-refractivity contribution in [1.29, 1.82) is 0 Å². The minimum absolute atomic E-state index is 0.0269. The van der Waals surface area contributed by atoms with Crippen molar-refractivity contribution in [3.63, 3.8) is 0 Å². The summed E-state index contributed by atoms with van der Waals surface area (Å²) in [6.07, 6.45) is -1.97. The molecule has 1 rings (SSSR count). The molecule has 1 aliphatic rings. The van der Waals surface area contributed by atoms with Gasteiger partial charge in [0.15, 0.2) is 0 Å². The van der Waals surface area contributed by atoms with E-state index in [2.05, 4.69) is 5.32 Å². The van der Waals surface area contributed by atoms with Crippen LogP contribution in [0.4, 0.5) is 13.2 Å². The lowest BCUT2D eigenvalue weighted by Crippen LogP contribution is -2.25. The predicted octanol–water partition coefficient (Wildman–Crippen LogP) is 1.88. The molecule has 82 valence electrons. The molecule has 14 heavy (non-hydrogen) atoms. The van der Waals surface area contributed by atoms with E-state index < -0.39 is 12.6 Å². The zero-order valence-electron chi connectivity index (χ0n) is 7.86. The Morgan fingerprint density at radius 1 is 1.43 bits per heavy atom. The molecule has 0 saturated heterocycles. The molecule has 0 fully saturated rings. The van der Waals surface area contributed by atoms with Crippen LogP contribution < -0.4 is 5.32 Å². The van der Waals surface area contributed by atoms with Gasteiger partial charge in [-0.2, -0.15) is 13.2 Å². The van der Waals surface area contributed by atoms with Gasteiger partial charge in [-0.15, -0.1) is 0 Å². The number of alkyl halides is 3. The minimum atomic E-state index is -4.07. The van der Waals surface area contributed by atoms with Crippen LogP contribution in [0.15, 0.2) is 11.6 Å². The second kappa shape index (κ2) is 5.36. The fourth-order valence-corrected chi connectivity index (χ4v) is 1.21. The van der Waals surface area contributed by atoms with Gasteiger partial charge in [0.25, 0.3) is 0 Å². The van der Waals surface area contributed by atoms with E-state index in [1.54, 1.807) is 0 Å². The van der Waals surface area contributed by atoms with Crippen molar-refractivity contribution in [2.75, 3.05) is 26.3 Å². The lowest BCUT2D eigenvalue weighted by atomic mass is 10.2. The molecular formula is C9H14F3NO. The van der Waals surface area contributed by atoms with Crippen molar-refractivity contribution < 1.29 is 17.9 Å². The highest BCUT2D eigenvalue weighted by Crippen LogP contribution is 2.18. The third-order valence-electron chi connectivity index (χ3n) is 1.92. The molecule has 0 aliphatic carbocycles. The number of hydrogen-bond donors (Lipinski definition) is 1. The van der Waals surface area contributed by atoms with Crippen LogP contribution in [-0.4, -0.2) is 32.5 Å². The first-order valence-corrected chi connectivity index (χ1v) is 4.61. The standard InChI is InChI=1S/C9H14F3NO/c10-9(11,12)3-4-13-6-8-2-1-5-14-7-8/h2,13H,1,3-7H2. The summed E-state index contributed by atoms with van der Waals surface area (Å²) in [7, 11) is 0. The lowest BCUT2D eigenvalue weighted by Gasteiger charge is -2.14. The average molecular weight is 209 g/mol. The maximum absolute atomic E-state index is 11.7. The van der Waals surface area contributed by atoms with Crippen molar-refractivity contribution in [3.8, 4) is 0 Å². The number of hydrogen-bond acceptors (Lipinski definition) is 2. The molecule has 0 saturated carbocycles. The van der Waals surface area contributed by atoms with Gasteiger partial charge in [0.05, 0.1) is 19.6 Å². The van der Waals surface area contributed by atoms with Crippen molar-refractivity contribution in [2.45, 2.75) is 19.0 Å². The van der Waals surface area contributed by atoms with E-state index >= 15 is 0 Å². The summed E-state index contributed by atoms with van der Waals surface area (Å²) in [5.74, 6) is 0. The van der Waals surface area contributed by atoms with Crippen LogP contribution in [0.2, 0.25) is 0 Å². The minimum Gasteiger partial charge on any atom is -0.377 e. The molecule has 1 aliphatic heterocycles. The van der Waals surface area contributed by atoms with Crippen molar-refractivity contribution in [3.05, 3.63) is 11.6 Å². The second-order valence-electron chi connectivity index (χ2n) is 3.25. The maximum atomic E-state index is 11.7. The fourth-order valence-electron chi connectivity index (χ4n) is 1.21. The van der Waals surface area contributed by atoms with Gasteiger partial charge in [-0.25, -0.2) is 0 Å². The van der Waals surface area contributed by atoms with E-state index in [1.807, 2.05) is 6.08 Å². The first-order chi connectivity index (χ1) is 6.58. The molecule has 0 unspecified atom stereocenters. The molecule has 0 bridgehead atoms. The Bertz CT molecular complexity index is 201. The van der Waals surface area contributed by atoms with Crippen LogP contribution in [0.1, 0.15) is 12.8 Å². The molecule has 2 nitrogen and oxygen atoms in total. The second-order valence-corrected chi connectivity index (χ2v) is 3.25. The Balaban J connectivity index is 2.06. The smallest absolute Gasteiger partial charge is 0.377 e. The van der Waals surface area contributed by atoms with Crippen LogP contribution in [0.25, 0.3) is 0 Å². The third-order valence-corrected chi connectivity index (χ3v) is 1.92. The van der Waals surface area contributed by atoms with Gasteiger partial charge >= 0.3 is 6.18 Å². The van der Waals surface area contributed by atoms with Crippen LogP contribution in [0, 0.1) is 0 Å². The lowest BCUT2D eigenvalue weighted by molar-refractivity contribution is -0.133. The first kappa shape index (κ1) is 11.5. The molecule has 1 heterocycles. The van der Waals surface area contributed by atoms with Gasteiger partial charge in [0.2, 0.25) is 0 Å². The van der Waals surface area contributed by atoms with E-state index in [4.69, 9.17) is 4.74 Å². The quantitative estimate of drug-likeness (QED) is 0.563. The van der Waals surface area contributed by atoms with E-state index in [0.29, 0.717) is 19.8 Å². The van der Waals surface area contributed by atoms with Gasteiger partial charge in [-0.05, 0) is 12.0 Å². The summed E-state index contributed by atoms with van der Waals surface area (Å²) in [4.78, 5) is 0. The maximum Gasteiger partial charge on any atom is 0.390 e. The van der Waals surface area contributed by atoms with E-state index in [1.165, 1.54) is 0 Å². The van der Waals surface area contributed by atoms with E-state index in [-0.39, 0.29) is 6.54 Å². The molecule has 0 aromatic carbocycles. The van der Waals surface area contributed by atoms with Crippen LogP contribution in [0.5, 0.6) is 0 Å². The molecular weight excluding hydrogens is 195 g/mol. The van der Waals surface area contributed by atoms with Crippen LogP contribution in [0.3, 0.4) is 0 Å². The predicted molar refractivity (Wildman–Crippen MR) is 47.1 cm³/mol. The first-order valence-electron chi connectivity index (χ1n) is 4.61. The fraction of sp³-hybridized carbons (Fsp3) is 0.778. The van der Waals surface area contributed by atoms with Gasteiger partial charge in [0, 0.05) is 13.1 Å². The highest BCUT2D eigenvalue weighted by molar-refractivity contribution is 5.06. The number of rotatable bonds is 4. The molecule has 1 N–H and O–H groups in total. The molecule has 0 aromatic heterocycles. The van der Waals surface area contributed by atoms with Crippen LogP contribution >= 0.6 is 0 Å². The Labute approximate surface area is 81.1 Å². The average Bonchev–Trinajstić information content (AvgIpc) is 2.13. The SMILES string of the molecule is FC(F)(F)CCNCC1=CCCOC1. The summed E-state index contributed by atoms with van der Waals surface area (Å²) >= 11 is 0.